The first-order chi connectivity index (χ1) is 17.6. The quantitative estimate of drug-likeness (QED) is 0.333. The van der Waals surface area contributed by atoms with Crippen molar-refractivity contribution in [2.75, 3.05) is 17.7 Å². The van der Waals surface area contributed by atoms with E-state index >= 15 is 0 Å². The fourth-order valence-corrected chi connectivity index (χ4v) is 3.81. The number of nitrogens with zero attached hydrogens (tertiary/aromatic N) is 3. The van der Waals surface area contributed by atoms with Crippen molar-refractivity contribution < 1.29 is 22.7 Å². The molecule has 4 rings (SSSR count). The SMILES string of the molecule is CC(=O)Nc1ccc(CCOc2nc(N)nc(-c3ccccc3)c2-c2cc(C)nc(C(F)(F)F)c2)cc1. The first kappa shape index (κ1) is 25.6. The molecule has 0 aliphatic heterocycles. The van der Waals surface area contributed by atoms with Crippen molar-refractivity contribution in [1.82, 2.24) is 15.0 Å². The molecular weight excluding hydrogens is 483 g/mol. The number of halogens is 3. The van der Waals surface area contributed by atoms with Gasteiger partial charge in [0.05, 0.1) is 17.9 Å². The fraction of sp³-hybridized carbons (Fsp3) is 0.185. The fourth-order valence-electron chi connectivity index (χ4n) is 3.81. The van der Waals surface area contributed by atoms with E-state index in [0.717, 1.165) is 11.6 Å². The molecule has 1 amide bonds. The summed E-state index contributed by atoms with van der Waals surface area (Å²) in [6, 6.07) is 18.7. The normalized spacial score (nSPS) is 11.3. The van der Waals surface area contributed by atoms with E-state index in [0.29, 0.717) is 23.4 Å². The highest BCUT2D eigenvalue weighted by Crippen LogP contribution is 2.40. The third-order valence-electron chi connectivity index (χ3n) is 5.38. The molecular formula is C27H24F3N5O2. The maximum atomic E-state index is 13.6. The number of aromatic nitrogens is 3. The Balaban J connectivity index is 1.72. The van der Waals surface area contributed by atoms with Crippen molar-refractivity contribution in [3.8, 4) is 28.3 Å². The van der Waals surface area contributed by atoms with Gasteiger partial charge in [-0.3, -0.25) is 4.79 Å². The van der Waals surface area contributed by atoms with Gasteiger partial charge in [0.15, 0.2) is 0 Å². The molecule has 2 aromatic carbocycles. The Kier molecular flexibility index (Phi) is 7.37. The lowest BCUT2D eigenvalue weighted by molar-refractivity contribution is -0.141. The van der Waals surface area contributed by atoms with Crippen LogP contribution in [0.25, 0.3) is 22.4 Å². The van der Waals surface area contributed by atoms with Crippen LogP contribution in [0.2, 0.25) is 0 Å². The van der Waals surface area contributed by atoms with E-state index in [-0.39, 0.29) is 41.2 Å². The van der Waals surface area contributed by atoms with Crippen molar-refractivity contribution in [3.63, 3.8) is 0 Å². The number of nitrogens with one attached hydrogen (secondary N) is 1. The van der Waals surface area contributed by atoms with Crippen molar-refractivity contribution in [2.45, 2.75) is 26.4 Å². The number of alkyl halides is 3. The summed E-state index contributed by atoms with van der Waals surface area (Å²) in [5, 5.41) is 2.70. The average molecular weight is 508 g/mol. The number of pyridine rings is 1. The molecule has 0 fully saturated rings. The molecule has 0 saturated heterocycles. The Bertz CT molecular complexity index is 1410. The van der Waals surface area contributed by atoms with Crippen LogP contribution in [0.1, 0.15) is 23.9 Å². The number of benzene rings is 2. The average Bonchev–Trinajstić information content (AvgIpc) is 2.84. The molecule has 0 radical (unpaired) electrons. The van der Waals surface area contributed by atoms with Crippen LogP contribution in [0.4, 0.5) is 24.8 Å². The van der Waals surface area contributed by atoms with Gasteiger partial charge >= 0.3 is 6.18 Å². The number of rotatable bonds is 7. The molecule has 0 atom stereocenters. The highest BCUT2D eigenvalue weighted by Gasteiger charge is 2.33. The molecule has 0 aliphatic carbocycles. The number of carbonyl (C=O) groups is 1. The van der Waals surface area contributed by atoms with Crippen molar-refractivity contribution in [1.29, 1.82) is 0 Å². The van der Waals surface area contributed by atoms with Crippen LogP contribution in [0.5, 0.6) is 5.88 Å². The van der Waals surface area contributed by atoms with Gasteiger partial charge in [0.25, 0.3) is 0 Å². The second-order valence-corrected chi connectivity index (χ2v) is 8.33. The second-order valence-electron chi connectivity index (χ2n) is 8.33. The highest BCUT2D eigenvalue weighted by molar-refractivity contribution is 5.88. The number of hydrogen-bond acceptors (Lipinski definition) is 6. The number of anilines is 2. The molecule has 3 N–H and O–H groups in total. The van der Waals surface area contributed by atoms with Gasteiger partial charge in [-0.1, -0.05) is 42.5 Å². The maximum Gasteiger partial charge on any atom is 0.433 e. The predicted molar refractivity (Wildman–Crippen MR) is 135 cm³/mol. The van der Waals surface area contributed by atoms with Crippen LogP contribution in [-0.4, -0.2) is 27.5 Å². The van der Waals surface area contributed by atoms with Gasteiger partial charge < -0.3 is 15.8 Å². The topological polar surface area (TPSA) is 103 Å². The van der Waals surface area contributed by atoms with Gasteiger partial charge in [-0.05, 0) is 42.3 Å². The zero-order valence-corrected chi connectivity index (χ0v) is 20.1. The molecule has 2 heterocycles. The number of hydrogen-bond donors (Lipinski definition) is 2. The third-order valence-corrected chi connectivity index (χ3v) is 5.38. The maximum absolute atomic E-state index is 13.6. The van der Waals surface area contributed by atoms with Gasteiger partial charge in [0, 0.05) is 30.3 Å². The minimum Gasteiger partial charge on any atom is -0.477 e. The Hall–Kier alpha value is -4.47. The minimum absolute atomic E-state index is 0.0694. The zero-order valence-electron chi connectivity index (χ0n) is 20.1. The van der Waals surface area contributed by atoms with Gasteiger partial charge in [-0.2, -0.15) is 18.2 Å². The predicted octanol–water partition coefficient (Wildman–Crippen LogP) is 5.69. The lowest BCUT2D eigenvalue weighted by Crippen LogP contribution is -2.11. The van der Waals surface area contributed by atoms with Crippen molar-refractivity contribution >= 4 is 17.5 Å². The molecule has 190 valence electrons. The Labute approximate surface area is 211 Å². The van der Waals surface area contributed by atoms with Crippen LogP contribution in [0.15, 0.2) is 66.7 Å². The molecule has 0 saturated carbocycles. The lowest BCUT2D eigenvalue weighted by atomic mass is 9.99. The van der Waals surface area contributed by atoms with Gasteiger partial charge in [-0.15, -0.1) is 0 Å². The standard InChI is InChI=1S/C27H24F3N5O2/c1-16-14-20(15-22(32-16)27(28,29)30)23-24(19-6-4-3-5-7-19)34-26(31)35-25(23)37-13-12-18-8-10-21(11-9-18)33-17(2)36/h3-11,14-15H,12-13H2,1-2H3,(H,33,36)(H2,31,34,35). The largest absolute Gasteiger partial charge is 0.477 e. The molecule has 0 aliphatic rings. The molecule has 2 aromatic heterocycles. The summed E-state index contributed by atoms with van der Waals surface area (Å²) in [4.78, 5) is 23.4. The summed E-state index contributed by atoms with van der Waals surface area (Å²) in [7, 11) is 0. The third kappa shape index (κ3) is 6.40. The van der Waals surface area contributed by atoms with Crippen LogP contribution in [0, 0.1) is 6.92 Å². The van der Waals surface area contributed by atoms with Gasteiger partial charge in [0.1, 0.15) is 5.69 Å². The minimum atomic E-state index is -4.63. The lowest BCUT2D eigenvalue weighted by Gasteiger charge is -2.17. The summed E-state index contributed by atoms with van der Waals surface area (Å²) in [6.45, 7) is 3.09. The summed E-state index contributed by atoms with van der Waals surface area (Å²) in [5.41, 5.74) is 8.25. The molecule has 0 bridgehead atoms. The van der Waals surface area contributed by atoms with Gasteiger partial charge in [-0.25, -0.2) is 9.97 Å². The van der Waals surface area contributed by atoms with Crippen LogP contribution in [-0.2, 0) is 17.4 Å². The van der Waals surface area contributed by atoms with E-state index in [2.05, 4.69) is 20.3 Å². The summed E-state index contributed by atoms with van der Waals surface area (Å²) in [5.74, 6) is -0.168. The molecule has 10 heteroatoms. The van der Waals surface area contributed by atoms with E-state index in [1.807, 2.05) is 18.2 Å². The van der Waals surface area contributed by atoms with Gasteiger partial charge in [0.2, 0.25) is 17.7 Å². The Morgan fingerprint density at radius 1 is 0.973 bits per heavy atom. The first-order valence-corrected chi connectivity index (χ1v) is 11.4. The number of nitrogen functional groups attached to an aromatic ring is 1. The van der Waals surface area contributed by atoms with E-state index < -0.39 is 11.9 Å². The summed E-state index contributed by atoms with van der Waals surface area (Å²) < 4.78 is 46.7. The number of carbonyl (C=O) groups excluding carboxylic acids is 1. The molecule has 4 aromatic rings. The molecule has 7 nitrogen and oxygen atoms in total. The first-order valence-electron chi connectivity index (χ1n) is 11.4. The molecule has 0 unspecified atom stereocenters. The number of nitrogens with two attached hydrogens (primary N) is 1. The number of amides is 1. The molecule has 37 heavy (non-hydrogen) atoms. The second kappa shape index (κ2) is 10.7. The number of aryl methyl sites for hydroxylation is 1. The monoisotopic (exact) mass is 507 g/mol. The highest BCUT2D eigenvalue weighted by atomic mass is 19.4. The zero-order chi connectivity index (χ0) is 26.6. The van der Waals surface area contributed by atoms with Crippen LogP contribution >= 0.6 is 0 Å². The number of ether oxygens (including phenoxy) is 1. The van der Waals surface area contributed by atoms with Crippen LogP contribution < -0.4 is 15.8 Å². The van der Waals surface area contributed by atoms with E-state index in [1.54, 1.807) is 36.4 Å². The molecule has 0 spiro atoms. The summed E-state index contributed by atoms with van der Waals surface area (Å²) >= 11 is 0. The Morgan fingerprint density at radius 2 is 1.68 bits per heavy atom. The smallest absolute Gasteiger partial charge is 0.433 e. The Morgan fingerprint density at radius 3 is 2.32 bits per heavy atom. The van der Waals surface area contributed by atoms with Crippen molar-refractivity contribution in [3.05, 3.63) is 83.7 Å². The van der Waals surface area contributed by atoms with E-state index in [1.165, 1.54) is 19.9 Å². The summed E-state index contributed by atoms with van der Waals surface area (Å²) in [6.07, 6.45) is -4.15. The van der Waals surface area contributed by atoms with Crippen LogP contribution in [0.3, 0.4) is 0 Å². The van der Waals surface area contributed by atoms with E-state index in [9.17, 15) is 18.0 Å². The van der Waals surface area contributed by atoms with E-state index in [4.69, 9.17) is 10.5 Å². The van der Waals surface area contributed by atoms with Crippen molar-refractivity contribution in [2.24, 2.45) is 0 Å².